The van der Waals surface area contributed by atoms with Crippen molar-refractivity contribution in [1.29, 1.82) is 0 Å². The fraction of sp³-hybridized carbons (Fsp3) is 0.895. The van der Waals surface area contributed by atoms with E-state index in [-0.39, 0.29) is 30.9 Å². The van der Waals surface area contributed by atoms with Crippen LogP contribution in [0, 0.1) is 0 Å². The molecule has 160 valence electrons. The second kappa shape index (κ2) is 19.7. The van der Waals surface area contributed by atoms with Crippen molar-refractivity contribution in [3.63, 3.8) is 0 Å². The summed E-state index contributed by atoms with van der Waals surface area (Å²) in [6, 6.07) is 5.49. The molecule has 8 heteroatoms. The maximum Gasteiger partial charge on any atom is 0.112 e. The van der Waals surface area contributed by atoms with Crippen molar-refractivity contribution in [2.75, 3.05) is 48.8 Å². The smallest absolute Gasteiger partial charge is 0.112 e. The molecule has 0 rings (SSSR count). The molecule has 0 radical (unpaired) electrons. The molecule has 27 heavy (non-hydrogen) atoms. The van der Waals surface area contributed by atoms with Gasteiger partial charge in [0.1, 0.15) is 18.5 Å². The Balaban J connectivity index is -0.000000430. The Morgan fingerprint density at radius 1 is 0.593 bits per heavy atom. The van der Waals surface area contributed by atoms with Gasteiger partial charge in [0.05, 0.1) is 12.0 Å². The van der Waals surface area contributed by atoms with Crippen molar-refractivity contribution < 1.29 is 0 Å². The van der Waals surface area contributed by atoms with Gasteiger partial charge in [0.15, 0.2) is 0 Å². The van der Waals surface area contributed by atoms with Crippen molar-refractivity contribution >= 4 is 24.4 Å². The first kappa shape index (κ1) is 30.7. The molecular weight excluding hydrogens is 362 g/mol. The molecular formula is C19H42ClN7. The van der Waals surface area contributed by atoms with Gasteiger partial charge in [0.2, 0.25) is 0 Å². The van der Waals surface area contributed by atoms with Crippen molar-refractivity contribution in [3.05, 3.63) is 0 Å². The van der Waals surface area contributed by atoms with Crippen LogP contribution in [0.2, 0.25) is 0 Å². The summed E-state index contributed by atoms with van der Waals surface area (Å²) in [7, 11) is 12.1. The zero-order chi connectivity index (χ0) is 20.5. The molecule has 0 saturated heterocycles. The summed E-state index contributed by atoms with van der Waals surface area (Å²) < 4.78 is 0. The Morgan fingerprint density at radius 3 is 1.11 bits per heavy atom. The van der Waals surface area contributed by atoms with E-state index in [1.165, 1.54) is 0 Å². The van der Waals surface area contributed by atoms with Gasteiger partial charge in [-0.15, -0.1) is 12.4 Å². The van der Waals surface area contributed by atoms with Crippen LogP contribution in [0.1, 0.15) is 47.0 Å². The number of rotatable bonds is 10. The summed E-state index contributed by atoms with van der Waals surface area (Å²) in [4.78, 5) is 22.8. The highest BCUT2D eigenvalue weighted by atomic mass is 35.5. The van der Waals surface area contributed by atoms with Crippen LogP contribution < -0.4 is 0 Å². The summed E-state index contributed by atoms with van der Waals surface area (Å²) in [6.07, 6.45) is 3.56. The molecule has 3 atom stereocenters. The second-order valence-corrected chi connectivity index (χ2v) is 6.62. The van der Waals surface area contributed by atoms with E-state index in [0.717, 1.165) is 25.8 Å². The first-order valence-corrected chi connectivity index (χ1v) is 9.50. The molecule has 0 aromatic rings. The molecule has 0 aliphatic heterocycles. The van der Waals surface area contributed by atoms with E-state index in [1.807, 2.05) is 49.2 Å². The van der Waals surface area contributed by atoms with E-state index in [9.17, 15) is 0 Å². The molecule has 0 bridgehead atoms. The van der Waals surface area contributed by atoms with Crippen LogP contribution in [-0.4, -0.2) is 94.0 Å². The monoisotopic (exact) mass is 403 g/mol. The molecule has 0 heterocycles. The van der Waals surface area contributed by atoms with Gasteiger partial charge < -0.3 is 0 Å². The first-order valence-electron chi connectivity index (χ1n) is 9.50. The van der Waals surface area contributed by atoms with E-state index >= 15 is 0 Å². The molecule has 7 nitrogen and oxygen atoms in total. The van der Waals surface area contributed by atoms with E-state index in [2.05, 4.69) is 67.5 Å². The molecule has 0 amide bonds. The molecule has 0 aliphatic rings. The van der Waals surface area contributed by atoms with Gasteiger partial charge in [-0.1, -0.05) is 20.8 Å². The Bertz CT molecular complexity index is 431. The van der Waals surface area contributed by atoms with Gasteiger partial charge in [-0.05, 0) is 68.5 Å². The highest BCUT2D eigenvalue weighted by Crippen LogP contribution is 2.01. The van der Waals surface area contributed by atoms with E-state index in [4.69, 9.17) is 0 Å². The van der Waals surface area contributed by atoms with Crippen LogP contribution in [0.25, 0.3) is 0 Å². The Hall–Kier alpha value is -1.07. The lowest BCUT2D eigenvalue weighted by molar-refractivity contribution is 0.290. The van der Waals surface area contributed by atoms with Crippen LogP contribution in [-0.2, 0) is 0 Å². The lowest BCUT2D eigenvalue weighted by atomic mass is 10.3. The Labute approximate surface area is 173 Å². The van der Waals surface area contributed by atoms with Crippen LogP contribution in [0.15, 0.2) is 20.0 Å². The number of aliphatic imine (C=N–C) groups is 4. The third kappa shape index (κ3) is 16.8. The number of hydrogen-bond acceptors (Lipinski definition) is 7. The highest BCUT2D eigenvalue weighted by molar-refractivity contribution is 5.85. The Morgan fingerprint density at radius 2 is 0.889 bits per heavy atom. The fourth-order valence-corrected chi connectivity index (χ4v) is 2.06. The Kier molecular flexibility index (Phi) is 22.3. The number of hydrogen-bond donors (Lipinski definition) is 0. The van der Waals surface area contributed by atoms with Crippen molar-refractivity contribution in [3.8, 4) is 0 Å². The minimum absolute atomic E-state index is 0. The van der Waals surface area contributed by atoms with Crippen molar-refractivity contribution in [2.45, 2.75) is 65.5 Å². The lowest BCUT2D eigenvalue weighted by Gasteiger charge is -2.17. The van der Waals surface area contributed by atoms with Crippen LogP contribution in [0.3, 0.4) is 0 Å². The van der Waals surface area contributed by atoms with Crippen molar-refractivity contribution in [1.82, 2.24) is 14.7 Å². The summed E-state index contributed by atoms with van der Waals surface area (Å²) in [5, 5.41) is 0. The topological polar surface area (TPSA) is 59.2 Å². The third-order valence-electron chi connectivity index (χ3n) is 3.73. The molecule has 0 fully saturated rings. The van der Waals surface area contributed by atoms with Crippen LogP contribution in [0.5, 0.6) is 0 Å². The fourth-order valence-electron chi connectivity index (χ4n) is 2.06. The van der Waals surface area contributed by atoms with E-state index < -0.39 is 0 Å². The largest absolute Gasteiger partial charge is 0.287 e. The zero-order valence-corrected chi connectivity index (χ0v) is 19.9. The molecule has 0 aromatic carbocycles. The lowest BCUT2D eigenvalue weighted by Crippen LogP contribution is -2.26. The van der Waals surface area contributed by atoms with E-state index in [0.29, 0.717) is 0 Å². The van der Waals surface area contributed by atoms with Gasteiger partial charge >= 0.3 is 0 Å². The first-order chi connectivity index (χ1) is 12.2. The third-order valence-corrected chi connectivity index (χ3v) is 3.73. The summed E-state index contributed by atoms with van der Waals surface area (Å²) in [5.41, 5.74) is 0. The molecule has 0 spiro atoms. The van der Waals surface area contributed by atoms with E-state index in [1.54, 1.807) is 0 Å². The minimum Gasteiger partial charge on any atom is -0.287 e. The SMILES string of the molecule is CCC(N=C=NC(CC)N(C)C)N(C)C.CCN=C=NC(CC)N(C)C.Cl. The predicted octanol–water partition coefficient (Wildman–Crippen LogP) is 3.66. The maximum atomic E-state index is 4.29. The van der Waals surface area contributed by atoms with Gasteiger partial charge in [0.25, 0.3) is 0 Å². The quantitative estimate of drug-likeness (QED) is 0.523. The van der Waals surface area contributed by atoms with Gasteiger partial charge in [-0.2, -0.15) is 0 Å². The van der Waals surface area contributed by atoms with Crippen molar-refractivity contribution in [2.24, 2.45) is 20.0 Å². The molecule has 0 aromatic heterocycles. The number of halogens is 1. The normalized spacial score (nSPS) is 13.4. The average molecular weight is 404 g/mol. The minimum atomic E-state index is 0. The summed E-state index contributed by atoms with van der Waals surface area (Å²) in [6.45, 7) is 9.05. The molecule has 3 unspecified atom stereocenters. The van der Waals surface area contributed by atoms with Gasteiger partial charge in [-0.3, -0.25) is 14.7 Å². The number of nitrogens with zero attached hydrogens (tertiary/aromatic N) is 7. The van der Waals surface area contributed by atoms with Gasteiger partial charge in [-0.25, -0.2) is 20.0 Å². The predicted molar refractivity (Wildman–Crippen MR) is 121 cm³/mol. The standard InChI is InChI=1S/C11H24N4.C8H17N3.ClH/c1-7-10(14(3)4)12-9-13-11(8-2)15(5)6;1-5-8(11(3)4)10-7-9-6-2;/h10-11H,7-8H2,1-6H3;8H,5-6H2,1-4H3;1H. The van der Waals surface area contributed by atoms with Crippen LogP contribution in [0.4, 0.5) is 0 Å². The van der Waals surface area contributed by atoms with Crippen LogP contribution >= 0.6 is 12.4 Å². The molecule has 0 saturated carbocycles. The summed E-state index contributed by atoms with van der Waals surface area (Å²) >= 11 is 0. The molecule has 0 N–H and O–H groups in total. The molecule has 0 aliphatic carbocycles. The second-order valence-electron chi connectivity index (χ2n) is 6.62. The average Bonchev–Trinajstić information content (AvgIpc) is 2.58. The maximum absolute atomic E-state index is 4.29. The summed E-state index contributed by atoms with van der Waals surface area (Å²) in [5.74, 6) is 0. The van der Waals surface area contributed by atoms with Gasteiger partial charge in [0, 0.05) is 6.54 Å². The zero-order valence-electron chi connectivity index (χ0n) is 19.1. The highest BCUT2D eigenvalue weighted by Gasteiger charge is 2.06.